The first-order chi connectivity index (χ1) is 10.3. The zero-order chi connectivity index (χ0) is 16.3. The Hall–Kier alpha value is -1.92. The van der Waals surface area contributed by atoms with Gasteiger partial charge in [0.05, 0.1) is 4.90 Å². The van der Waals surface area contributed by atoms with Gasteiger partial charge in [0.25, 0.3) is 0 Å². The van der Waals surface area contributed by atoms with E-state index in [-0.39, 0.29) is 11.4 Å². The molecule has 0 spiro atoms. The molecule has 1 aromatic heterocycles. The van der Waals surface area contributed by atoms with Crippen LogP contribution in [0.15, 0.2) is 41.4 Å². The Balaban J connectivity index is 2.22. The molecule has 0 radical (unpaired) electrons. The van der Waals surface area contributed by atoms with Crippen molar-refractivity contribution >= 4 is 15.8 Å². The summed E-state index contributed by atoms with van der Waals surface area (Å²) in [6.07, 6.45) is 1.69. The Morgan fingerprint density at radius 1 is 1.14 bits per heavy atom. The number of pyridine rings is 1. The van der Waals surface area contributed by atoms with Crippen molar-refractivity contribution in [2.75, 3.05) is 19.0 Å². The summed E-state index contributed by atoms with van der Waals surface area (Å²) in [6, 6.07) is 8.80. The summed E-state index contributed by atoms with van der Waals surface area (Å²) in [5.74, 6) is 0.755. The fourth-order valence-electron chi connectivity index (χ4n) is 2.11. The molecule has 1 N–H and O–H groups in total. The third-order valence-electron chi connectivity index (χ3n) is 3.53. The van der Waals surface area contributed by atoms with Crippen molar-refractivity contribution in [1.29, 1.82) is 0 Å². The largest absolute Gasteiger partial charge is 0.362 e. The number of benzene rings is 1. The molecule has 0 bridgehead atoms. The number of nitrogens with zero attached hydrogens (tertiary/aromatic N) is 2. The highest BCUT2D eigenvalue weighted by Crippen LogP contribution is 2.17. The Morgan fingerprint density at radius 3 is 2.50 bits per heavy atom. The SMILES string of the molecule is Cc1ccc(S(=O)(=O)NCc2cccnc2N(C)C)cc1C. The minimum absolute atomic E-state index is 0.205. The molecule has 6 heteroatoms. The maximum Gasteiger partial charge on any atom is 0.240 e. The highest BCUT2D eigenvalue weighted by Gasteiger charge is 2.15. The van der Waals surface area contributed by atoms with Crippen LogP contribution in [-0.4, -0.2) is 27.5 Å². The van der Waals surface area contributed by atoms with Crippen molar-refractivity contribution in [2.45, 2.75) is 25.3 Å². The van der Waals surface area contributed by atoms with E-state index in [0.29, 0.717) is 0 Å². The highest BCUT2D eigenvalue weighted by atomic mass is 32.2. The summed E-state index contributed by atoms with van der Waals surface area (Å²) >= 11 is 0. The van der Waals surface area contributed by atoms with Gasteiger partial charge in [-0.05, 0) is 43.2 Å². The van der Waals surface area contributed by atoms with Gasteiger partial charge in [-0.2, -0.15) is 0 Å². The lowest BCUT2D eigenvalue weighted by molar-refractivity contribution is 0.581. The predicted molar refractivity (Wildman–Crippen MR) is 88.5 cm³/mol. The Bertz CT molecular complexity index is 771. The first kappa shape index (κ1) is 16.5. The highest BCUT2D eigenvalue weighted by molar-refractivity contribution is 7.89. The molecule has 0 fully saturated rings. The average molecular weight is 319 g/mol. The third kappa shape index (κ3) is 3.64. The van der Waals surface area contributed by atoms with Gasteiger partial charge in [-0.1, -0.05) is 12.1 Å². The standard InChI is InChI=1S/C16H21N3O2S/c1-12-7-8-15(10-13(12)2)22(20,21)18-11-14-6-5-9-17-16(14)19(3)4/h5-10,18H,11H2,1-4H3. The lowest BCUT2D eigenvalue weighted by Gasteiger charge is -2.16. The second kappa shape index (κ2) is 6.46. The lowest BCUT2D eigenvalue weighted by atomic mass is 10.1. The molecule has 1 aromatic carbocycles. The van der Waals surface area contributed by atoms with Crippen LogP contribution in [0.5, 0.6) is 0 Å². The van der Waals surface area contributed by atoms with Gasteiger partial charge < -0.3 is 4.90 Å². The van der Waals surface area contributed by atoms with Crippen molar-refractivity contribution in [1.82, 2.24) is 9.71 Å². The normalized spacial score (nSPS) is 11.5. The molecule has 118 valence electrons. The van der Waals surface area contributed by atoms with Crippen molar-refractivity contribution in [3.05, 3.63) is 53.2 Å². The molecule has 0 aliphatic carbocycles. The molecular formula is C16H21N3O2S. The number of aryl methyl sites for hydroxylation is 2. The maximum absolute atomic E-state index is 12.4. The van der Waals surface area contributed by atoms with Crippen molar-refractivity contribution < 1.29 is 8.42 Å². The van der Waals surface area contributed by atoms with Gasteiger partial charge in [-0.25, -0.2) is 18.1 Å². The van der Waals surface area contributed by atoms with Gasteiger partial charge in [-0.3, -0.25) is 0 Å². The summed E-state index contributed by atoms with van der Waals surface area (Å²) in [7, 11) is 0.221. The molecule has 0 saturated carbocycles. The average Bonchev–Trinajstić information content (AvgIpc) is 2.48. The molecular weight excluding hydrogens is 298 g/mol. The molecule has 2 aromatic rings. The van der Waals surface area contributed by atoms with Gasteiger partial charge in [0.2, 0.25) is 10.0 Å². The predicted octanol–water partition coefficient (Wildman–Crippen LogP) is 2.24. The van der Waals surface area contributed by atoms with E-state index in [1.54, 1.807) is 24.4 Å². The molecule has 22 heavy (non-hydrogen) atoms. The molecule has 0 aliphatic heterocycles. The van der Waals surface area contributed by atoms with Crippen LogP contribution in [0.1, 0.15) is 16.7 Å². The van der Waals surface area contributed by atoms with Crippen LogP contribution in [0, 0.1) is 13.8 Å². The topological polar surface area (TPSA) is 62.3 Å². The number of aromatic nitrogens is 1. The van der Waals surface area contributed by atoms with Crippen LogP contribution in [0.3, 0.4) is 0 Å². The van der Waals surface area contributed by atoms with E-state index >= 15 is 0 Å². The fourth-order valence-corrected chi connectivity index (χ4v) is 3.20. The number of hydrogen-bond acceptors (Lipinski definition) is 4. The zero-order valence-corrected chi connectivity index (χ0v) is 14.1. The summed E-state index contributed by atoms with van der Waals surface area (Å²) < 4.78 is 27.4. The number of nitrogens with one attached hydrogen (secondary N) is 1. The molecule has 0 amide bonds. The van der Waals surface area contributed by atoms with E-state index in [1.165, 1.54) is 0 Å². The number of anilines is 1. The van der Waals surface area contributed by atoms with Gasteiger partial charge >= 0.3 is 0 Å². The number of rotatable bonds is 5. The Kier molecular flexibility index (Phi) is 4.83. The first-order valence-corrected chi connectivity index (χ1v) is 8.48. The van der Waals surface area contributed by atoms with E-state index < -0.39 is 10.0 Å². The Morgan fingerprint density at radius 2 is 1.86 bits per heavy atom. The maximum atomic E-state index is 12.4. The second-order valence-electron chi connectivity index (χ2n) is 5.45. The van der Waals surface area contributed by atoms with E-state index in [4.69, 9.17) is 0 Å². The summed E-state index contributed by atoms with van der Waals surface area (Å²) in [4.78, 5) is 6.41. The Labute approximate surface area is 132 Å². The quantitative estimate of drug-likeness (QED) is 0.918. The van der Waals surface area contributed by atoms with Crippen LogP contribution in [0.2, 0.25) is 0 Å². The molecule has 5 nitrogen and oxygen atoms in total. The van der Waals surface area contributed by atoms with Gasteiger partial charge in [0.1, 0.15) is 5.82 Å². The van der Waals surface area contributed by atoms with E-state index in [0.717, 1.165) is 22.5 Å². The van der Waals surface area contributed by atoms with Crippen LogP contribution >= 0.6 is 0 Å². The molecule has 1 heterocycles. The minimum atomic E-state index is -3.54. The van der Waals surface area contributed by atoms with E-state index in [9.17, 15) is 8.42 Å². The molecule has 0 saturated heterocycles. The van der Waals surface area contributed by atoms with E-state index in [1.807, 2.05) is 45.0 Å². The van der Waals surface area contributed by atoms with Crippen LogP contribution in [0.25, 0.3) is 0 Å². The molecule has 0 unspecified atom stereocenters. The number of sulfonamides is 1. The first-order valence-electron chi connectivity index (χ1n) is 6.99. The number of hydrogen-bond donors (Lipinski definition) is 1. The van der Waals surface area contributed by atoms with E-state index in [2.05, 4.69) is 9.71 Å². The van der Waals surface area contributed by atoms with Crippen LogP contribution in [-0.2, 0) is 16.6 Å². The summed E-state index contributed by atoms with van der Waals surface area (Å²) in [5.41, 5.74) is 2.86. The third-order valence-corrected chi connectivity index (χ3v) is 4.93. The second-order valence-corrected chi connectivity index (χ2v) is 7.22. The van der Waals surface area contributed by atoms with Crippen molar-refractivity contribution in [3.8, 4) is 0 Å². The smallest absolute Gasteiger partial charge is 0.240 e. The summed E-state index contributed by atoms with van der Waals surface area (Å²) in [5, 5.41) is 0. The van der Waals surface area contributed by atoms with Gasteiger partial charge in [0, 0.05) is 32.4 Å². The molecule has 2 rings (SSSR count). The van der Waals surface area contributed by atoms with Gasteiger partial charge in [-0.15, -0.1) is 0 Å². The minimum Gasteiger partial charge on any atom is -0.362 e. The van der Waals surface area contributed by atoms with Crippen molar-refractivity contribution in [2.24, 2.45) is 0 Å². The summed E-state index contributed by atoms with van der Waals surface area (Å²) in [6.45, 7) is 4.06. The van der Waals surface area contributed by atoms with Gasteiger partial charge in [0.15, 0.2) is 0 Å². The fraction of sp³-hybridized carbons (Fsp3) is 0.312. The molecule has 0 atom stereocenters. The zero-order valence-electron chi connectivity index (χ0n) is 13.3. The van der Waals surface area contributed by atoms with Crippen LogP contribution in [0.4, 0.5) is 5.82 Å². The van der Waals surface area contributed by atoms with Crippen LogP contribution < -0.4 is 9.62 Å². The monoisotopic (exact) mass is 319 g/mol. The lowest BCUT2D eigenvalue weighted by Crippen LogP contribution is -2.25. The molecule has 0 aliphatic rings. The van der Waals surface area contributed by atoms with Crippen molar-refractivity contribution in [3.63, 3.8) is 0 Å².